The van der Waals surface area contributed by atoms with Crippen LogP contribution in [0.15, 0.2) is 0 Å². The van der Waals surface area contributed by atoms with Crippen molar-refractivity contribution >= 4 is 6.09 Å². The average molecular weight is 205 g/mol. The summed E-state index contributed by atoms with van der Waals surface area (Å²) in [5.74, 6) is 0. The third-order valence-electron chi connectivity index (χ3n) is 1.40. The highest BCUT2D eigenvalue weighted by atomic mass is 16.6. The van der Waals surface area contributed by atoms with Crippen molar-refractivity contribution in [1.82, 2.24) is 4.90 Å². The lowest BCUT2D eigenvalue weighted by Gasteiger charge is -2.25. The maximum atomic E-state index is 11.3. The van der Waals surface area contributed by atoms with Gasteiger partial charge in [0, 0.05) is 7.05 Å². The minimum Gasteiger partial charge on any atom is -0.444 e. The molecule has 0 spiro atoms. The van der Waals surface area contributed by atoms with Crippen LogP contribution in [0.3, 0.4) is 0 Å². The molecule has 0 bridgehead atoms. The molecule has 5 nitrogen and oxygen atoms in total. The zero-order valence-corrected chi connectivity index (χ0v) is 9.15. The Morgan fingerprint density at radius 3 is 2.36 bits per heavy atom. The van der Waals surface area contributed by atoms with Crippen LogP contribution in [0, 0.1) is 0 Å². The number of carbonyl (C=O) groups excluding carboxylic acids is 1. The zero-order valence-electron chi connectivity index (χ0n) is 9.15. The van der Waals surface area contributed by atoms with Gasteiger partial charge in [0.1, 0.15) is 5.60 Å². The summed E-state index contributed by atoms with van der Waals surface area (Å²) in [4.78, 5) is 12.5. The van der Waals surface area contributed by atoms with Crippen LogP contribution in [0.1, 0.15) is 20.8 Å². The molecular formula is C9H19NO4. The number of aliphatic hydroxyl groups is 2. The molecule has 0 saturated heterocycles. The van der Waals surface area contributed by atoms with Gasteiger partial charge in [-0.3, -0.25) is 0 Å². The Kier molecular flexibility index (Phi) is 4.87. The Bertz CT molecular complexity index is 188. The number of hydrogen-bond acceptors (Lipinski definition) is 4. The van der Waals surface area contributed by atoms with Crippen molar-refractivity contribution < 1.29 is 19.7 Å². The summed E-state index contributed by atoms with van der Waals surface area (Å²) in [6.07, 6.45) is -1.43. The lowest BCUT2D eigenvalue weighted by atomic mass is 10.2. The molecule has 0 unspecified atom stereocenters. The quantitative estimate of drug-likeness (QED) is 0.691. The van der Waals surface area contributed by atoms with E-state index in [1.165, 1.54) is 11.9 Å². The van der Waals surface area contributed by atoms with Gasteiger partial charge in [0.05, 0.1) is 19.3 Å². The summed E-state index contributed by atoms with van der Waals surface area (Å²) >= 11 is 0. The highest BCUT2D eigenvalue weighted by Gasteiger charge is 2.20. The summed E-state index contributed by atoms with van der Waals surface area (Å²) in [5.41, 5.74) is -0.546. The van der Waals surface area contributed by atoms with Crippen LogP contribution in [0.2, 0.25) is 0 Å². The molecule has 0 aromatic carbocycles. The van der Waals surface area contributed by atoms with Crippen molar-refractivity contribution in [3.8, 4) is 0 Å². The van der Waals surface area contributed by atoms with Gasteiger partial charge in [-0.15, -0.1) is 0 Å². The van der Waals surface area contributed by atoms with Gasteiger partial charge in [-0.1, -0.05) is 0 Å². The number of hydrogen-bond donors (Lipinski definition) is 2. The molecule has 0 aromatic rings. The van der Waals surface area contributed by atoms with Crippen LogP contribution in [-0.4, -0.2) is 53.1 Å². The summed E-state index contributed by atoms with van der Waals surface area (Å²) in [7, 11) is 1.51. The predicted octanol–water partition coefficient (Wildman–Crippen LogP) is 0.206. The number of carbonyl (C=O) groups is 1. The summed E-state index contributed by atoms with van der Waals surface area (Å²) < 4.78 is 5.04. The number of rotatable bonds is 3. The van der Waals surface area contributed by atoms with Crippen LogP contribution in [-0.2, 0) is 4.74 Å². The number of amides is 1. The Labute approximate surface area is 84.3 Å². The van der Waals surface area contributed by atoms with E-state index >= 15 is 0 Å². The summed E-state index contributed by atoms with van der Waals surface area (Å²) in [6, 6.07) is 0. The third-order valence-corrected chi connectivity index (χ3v) is 1.40. The van der Waals surface area contributed by atoms with Crippen LogP contribution >= 0.6 is 0 Å². The normalized spacial score (nSPS) is 13.6. The van der Waals surface area contributed by atoms with Crippen molar-refractivity contribution in [1.29, 1.82) is 0 Å². The molecule has 5 heteroatoms. The Morgan fingerprint density at radius 2 is 2.00 bits per heavy atom. The first-order chi connectivity index (χ1) is 6.26. The van der Waals surface area contributed by atoms with E-state index in [9.17, 15) is 4.79 Å². The molecule has 84 valence electrons. The lowest BCUT2D eigenvalue weighted by Crippen LogP contribution is -2.39. The highest BCUT2D eigenvalue weighted by molar-refractivity contribution is 5.67. The number of nitrogens with zero attached hydrogens (tertiary/aromatic N) is 1. The molecule has 0 aliphatic rings. The summed E-state index contributed by atoms with van der Waals surface area (Å²) in [5, 5.41) is 17.6. The molecule has 2 N–H and O–H groups in total. The smallest absolute Gasteiger partial charge is 0.410 e. The van der Waals surface area contributed by atoms with Crippen molar-refractivity contribution in [3.05, 3.63) is 0 Å². The van der Waals surface area contributed by atoms with Crippen molar-refractivity contribution in [2.75, 3.05) is 20.2 Å². The molecule has 1 amide bonds. The first kappa shape index (κ1) is 13.2. The van der Waals surface area contributed by atoms with E-state index < -0.39 is 17.8 Å². The largest absolute Gasteiger partial charge is 0.444 e. The molecular weight excluding hydrogens is 186 g/mol. The molecule has 0 rings (SSSR count). The second-order valence-corrected chi connectivity index (χ2v) is 4.20. The molecule has 0 saturated carbocycles. The summed E-state index contributed by atoms with van der Waals surface area (Å²) in [6.45, 7) is 4.99. The van der Waals surface area contributed by atoms with Crippen molar-refractivity contribution in [2.45, 2.75) is 32.5 Å². The zero-order chi connectivity index (χ0) is 11.4. The van der Waals surface area contributed by atoms with E-state index in [4.69, 9.17) is 14.9 Å². The molecule has 0 heterocycles. The highest BCUT2D eigenvalue weighted by Crippen LogP contribution is 2.09. The first-order valence-electron chi connectivity index (χ1n) is 4.49. The second kappa shape index (κ2) is 5.17. The van der Waals surface area contributed by atoms with Gasteiger partial charge in [0.2, 0.25) is 0 Å². The fourth-order valence-corrected chi connectivity index (χ4v) is 0.788. The minimum absolute atomic E-state index is 0.0609. The van der Waals surface area contributed by atoms with Gasteiger partial charge >= 0.3 is 6.09 Å². The fourth-order valence-electron chi connectivity index (χ4n) is 0.788. The van der Waals surface area contributed by atoms with Crippen molar-refractivity contribution in [3.63, 3.8) is 0 Å². The molecule has 0 fully saturated rings. The molecule has 0 aromatic heterocycles. The number of likely N-dealkylation sites (N-methyl/N-ethyl adjacent to an activating group) is 1. The molecule has 0 aliphatic heterocycles. The van der Waals surface area contributed by atoms with Crippen LogP contribution in [0.25, 0.3) is 0 Å². The minimum atomic E-state index is -0.924. The van der Waals surface area contributed by atoms with Gasteiger partial charge < -0.3 is 19.8 Å². The van der Waals surface area contributed by atoms with Crippen LogP contribution in [0.4, 0.5) is 4.79 Å². The average Bonchev–Trinajstić information content (AvgIpc) is 2.00. The maximum Gasteiger partial charge on any atom is 0.410 e. The Balaban J connectivity index is 4.00. The van der Waals surface area contributed by atoms with Gasteiger partial charge in [-0.25, -0.2) is 4.79 Å². The lowest BCUT2D eigenvalue weighted by molar-refractivity contribution is 0.0137. The van der Waals surface area contributed by atoms with Gasteiger partial charge in [-0.05, 0) is 20.8 Å². The van der Waals surface area contributed by atoms with E-state index in [1.54, 1.807) is 20.8 Å². The first-order valence-corrected chi connectivity index (χ1v) is 4.49. The van der Waals surface area contributed by atoms with Crippen LogP contribution in [0.5, 0.6) is 0 Å². The monoisotopic (exact) mass is 205 g/mol. The molecule has 14 heavy (non-hydrogen) atoms. The SMILES string of the molecule is CN(C[C@H](O)CO)C(=O)OC(C)(C)C. The van der Waals surface area contributed by atoms with Crippen LogP contribution < -0.4 is 0 Å². The predicted molar refractivity (Wildman–Crippen MR) is 52.0 cm³/mol. The second-order valence-electron chi connectivity index (χ2n) is 4.20. The topological polar surface area (TPSA) is 70.0 Å². The third kappa shape index (κ3) is 5.77. The van der Waals surface area contributed by atoms with E-state index in [0.717, 1.165) is 0 Å². The van der Waals surface area contributed by atoms with Gasteiger partial charge in [0.15, 0.2) is 0 Å². The van der Waals surface area contributed by atoms with E-state index in [2.05, 4.69) is 0 Å². The van der Waals surface area contributed by atoms with E-state index in [-0.39, 0.29) is 13.2 Å². The molecule has 0 radical (unpaired) electrons. The maximum absolute atomic E-state index is 11.3. The molecule has 1 atom stereocenters. The van der Waals surface area contributed by atoms with Gasteiger partial charge in [0.25, 0.3) is 0 Å². The molecule has 0 aliphatic carbocycles. The Morgan fingerprint density at radius 1 is 1.50 bits per heavy atom. The van der Waals surface area contributed by atoms with Gasteiger partial charge in [-0.2, -0.15) is 0 Å². The fraction of sp³-hybridized carbons (Fsp3) is 0.889. The van der Waals surface area contributed by atoms with Crippen molar-refractivity contribution in [2.24, 2.45) is 0 Å². The number of ether oxygens (including phenoxy) is 1. The Hall–Kier alpha value is -0.810. The number of aliphatic hydroxyl groups excluding tert-OH is 2. The standard InChI is InChI=1S/C9H19NO4/c1-9(2,3)14-8(13)10(4)5-7(12)6-11/h7,11-12H,5-6H2,1-4H3/t7-/m0/s1. The van der Waals surface area contributed by atoms with E-state index in [0.29, 0.717) is 0 Å². The van der Waals surface area contributed by atoms with E-state index in [1.807, 2.05) is 0 Å².